The molecule has 128 valence electrons. The van der Waals surface area contributed by atoms with E-state index in [4.69, 9.17) is 9.47 Å². The van der Waals surface area contributed by atoms with E-state index in [9.17, 15) is 9.59 Å². The van der Waals surface area contributed by atoms with Gasteiger partial charge >= 0.3 is 11.9 Å². The zero-order chi connectivity index (χ0) is 17.4. The summed E-state index contributed by atoms with van der Waals surface area (Å²) in [6.07, 6.45) is -0.270. The van der Waals surface area contributed by atoms with Crippen LogP contribution in [0.5, 0.6) is 0 Å². The maximum absolute atomic E-state index is 11.6. The topological polar surface area (TPSA) is 78.4 Å². The van der Waals surface area contributed by atoms with Crippen molar-refractivity contribution in [2.24, 2.45) is 0 Å². The first-order valence-electron chi connectivity index (χ1n) is 7.26. The molecule has 0 saturated heterocycles. The molecule has 0 N–H and O–H groups in total. The Hall–Kier alpha value is -1.28. The molecule has 8 heteroatoms. The van der Waals surface area contributed by atoms with Crippen molar-refractivity contribution in [2.75, 3.05) is 11.5 Å². The quantitative estimate of drug-likeness (QED) is 0.304. The van der Waals surface area contributed by atoms with E-state index in [1.165, 1.54) is 23.5 Å². The second kappa shape index (κ2) is 9.77. The van der Waals surface area contributed by atoms with Gasteiger partial charge in [-0.25, -0.2) is 9.97 Å². The Morgan fingerprint density at radius 2 is 1.52 bits per heavy atom. The monoisotopic (exact) mass is 358 g/mol. The van der Waals surface area contributed by atoms with Gasteiger partial charge in [-0.05, 0) is 40.7 Å². The van der Waals surface area contributed by atoms with Crippen LogP contribution >= 0.6 is 23.5 Å². The highest BCUT2D eigenvalue weighted by atomic mass is 32.2. The van der Waals surface area contributed by atoms with Crippen LogP contribution in [0.15, 0.2) is 16.2 Å². The van der Waals surface area contributed by atoms with Crippen molar-refractivity contribution in [3.05, 3.63) is 11.8 Å². The summed E-state index contributed by atoms with van der Waals surface area (Å²) in [4.78, 5) is 31.7. The van der Waals surface area contributed by atoms with Gasteiger partial charge in [0.15, 0.2) is 5.16 Å². The lowest BCUT2D eigenvalue weighted by Gasteiger charge is -2.09. The molecule has 0 amide bonds. The van der Waals surface area contributed by atoms with Crippen LogP contribution in [0.25, 0.3) is 0 Å². The maximum Gasteiger partial charge on any atom is 0.316 e. The van der Waals surface area contributed by atoms with Gasteiger partial charge in [0, 0.05) is 5.69 Å². The average molecular weight is 358 g/mol. The molecule has 0 atom stereocenters. The number of carbonyl (C=O) groups is 2. The summed E-state index contributed by atoms with van der Waals surface area (Å²) in [6.45, 7) is 9.06. The Balaban J connectivity index is 2.58. The molecule has 0 aliphatic heterocycles. The van der Waals surface area contributed by atoms with Crippen LogP contribution in [0, 0.1) is 6.92 Å². The van der Waals surface area contributed by atoms with Gasteiger partial charge in [0.1, 0.15) is 5.03 Å². The van der Waals surface area contributed by atoms with Crippen molar-refractivity contribution in [3.8, 4) is 0 Å². The van der Waals surface area contributed by atoms with Crippen LogP contribution in [0.1, 0.15) is 33.4 Å². The largest absolute Gasteiger partial charge is 0.462 e. The van der Waals surface area contributed by atoms with Crippen molar-refractivity contribution >= 4 is 35.5 Å². The molecule has 6 nitrogen and oxygen atoms in total. The van der Waals surface area contributed by atoms with Gasteiger partial charge in [-0.15, -0.1) is 0 Å². The predicted octanol–water partition coefficient (Wildman–Crippen LogP) is 2.87. The Bertz CT molecular complexity index is 506. The molecule has 0 saturated carbocycles. The van der Waals surface area contributed by atoms with Crippen molar-refractivity contribution < 1.29 is 19.1 Å². The van der Waals surface area contributed by atoms with E-state index in [1.54, 1.807) is 19.9 Å². The SMILES string of the molecule is Cc1cc(SCC(=O)OC(C)C)nc(SCC(=O)OC(C)C)n1. The fourth-order valence-electron chi connectivity index (χ4n) is 1.50. The summed E-state index contributed by atoms with van der Waals surface area (Å²) < 4.78 is 10.1. The number of aryl methyl sites for hydroxylation is 1. The van der Waals surface area contributed by atoms with Gasteiger partial charge in [0.2, 0.25) is 0 Å². The van der Waals surface area contributed by atoms with E-state index in [0.717, 1.165) is 5.69 Å². The summed E-state index contributed by atoms with van der Waals surface area (Å²) in [5, 5.41) is 1.17. The number of rotatable bonds is 8. The van der Waals surface area contributed by atoms with Gasteiger partial charge in [-0.3, -0.25) is 9.59 Å². The number of thioether (sulfide) groups is 2. The molecule has 0 bridgehead atoms. The van der Waals surface area contributed by atoms with Crippen molar-refractivity contribution in [2.45, 2.75) is 57.0 Å². The summed E-state index contributed by atoms with van der Waals surface area (Å²) in [7, 11) is 0. The smallest absolute Gasteiger partial charge is 0.316 e. The van der Waals surface area contributed by atoms with E-state index in [2.05, 4.69) is 9.97 Å². The molecule has 1 rings (SSSR count). The highest BCUT2D eigenvalue weighted by Gasteiger charge is 2.11. The normalized spacial score (nSPS) is 10.9. The number of nitrogens with zero attached hydrogens (tertiary/aromatic N) is 2. The second-order valence-corrected chi connectivity index (χ2v) is 7.22. The van der Waals surface area contributed by atoms with E-state index >= 15 is 0 Å². The van der Waals surface area contributed by atoms with Gasteiger partial charge in [0.05, 0.1) is 23.7 Å². The number of hydrogen-bond acceptors (Lipinski definition) is 8. The minimum absolute atomic E-state index is 0.131. The van der Waals surface area contributed by atoms with E-state index < -0.39 is 0 Å². The molecule has 0 unspecified atom stereocenters. The van der Waals surface area contributed by atoms with Crippen molar-refractivity contribution in [1.82, 2.24) is 9.97 Å². The molecule has 0 spiro atoms. The number of ether oxygens (including phenoxy) is 2. The minimum Gasteiger partial charge on any atom is -0.462 e. The molecule has 0 radical (unpaired) electrons. The van der Waals surface area contributed by atoms with Gasteiger partial charge in [-0.1, -0.05) is 23.5 Å². The highest BCUT2D eigenvalue weighted by Crippen LogP contribution is 2.21. The highest BCUT2D eigenvalue weighted by molar-refractivity contribution is 8.00. The maximum atomic E-state index is 11.6. The molecular weight excluding hydrogens is 336 g/mol. The zero-order valence-corrected chi connectivity index (χ0v) is 15.6. The zero-order valence-electron chi connectivity index (χ0n) is 14.0. The molecule has 1 aromatic heterocycles. The second-order valence-electron chi connectivity index (χ2n) is 5.28. The first kappa shape index (κ1) is 19.8. The van der Waals surface area contributed by atoms with Gasteiger partial charge in [-0.2, -0.15) is 0 Å². The molecule has 0 fully saturated rings. The number of hydrogen-bond donors (Lipinski definition) is 0. The third-order valence-corrected chi connectivity index (χ3v) is 3.91. The predicted molar refractivity (Wildman–Crippen MR) is 90.7 cm³/mol. The van der Waals surface area contributed by atoms with Crippen LogP contribution in [-0.2, 0) is 19.1 Å². The van der Waals surface area contributed by atoms with Crippen molar-refractivity contribution in [3.63, 3.8) is 0 Å². The van der Waals surface area contributed by atoms with E-state index in [-0.39, 0.29) is 35.7 Å². The fourth-order valence-corrected chi connectivity index (χ4v) is 2.98. The summed E-state index contributed by atoms with van der Waals surface area (Å²) in [6, 6.07) is 1.80. The summed E-state index contributed by atoms with van der Waals surface area (Å²) >= 11 is 2.51. The standard InChI is InChI=1S/C15H22N2O4S2/c1-9(2)20-13(18)7-22-12-6-11(5)16-15(17-12)23-8-14(19)21-10(3)4/h6,9-10H,7-8H2,1-5H3. The average Bonchev–Trinajstić information content (AvgIpc) is 2.41. The lowest BCUT2D eigenvalue weighted by atomic mass is 10.5. The van der Waals surface area contributed by atoms with Crippen LogP contribution in [0.4, 0.5) is 0 Å². The Morgan fingerprint density at radius 1 is 1.00 bits per heavy atom. The lowest BCUT2D eigenvalue weighted by Crippen LogP contribution is -2.14. The molecule has 1 aromatic rings. The first-order valence-corrected chi connectivity index (χ1v) is 9.23. The van der Waals surface area contributed by atoms with E-state index in [1.807, 2.05) is 20.8 Å². The minimum atomic E-state index is -0.301. The number of aromatic nitrogens is 2. The first-order chi connectivity index (χ1) is 10.8. The molecule has 0 aromatic carbocycles. The third kappa shape index (κ3) is 8.80. The molecular formula is C15H22N2O4S2. The van der Waals surface area contributed by atoms with Crippen LogP contribution in [-0.4, -0.2) is 45.6 Å². The third-order valence-electron chi connectivity index (χ3n) is 2.20. The lowest BCUT2D eigenvalue weighted by molar-refractivity contribution is -0.145. The van der Waals surface area contributed by atoms with Crippen molar-refractivity contribution in [1.29, 1.82) is 0 Å². The molecule has 0 aliphatic rings. The Morgan fingerprint density at radius 3 is 2.04 bits per heavy atom. The van der Waals surface area contributed by atoms with Gasteiger partial charge < -0.3 is 9.47 Å². The van der Waals surface area contributed by atoms with Crippen LogP contribution < -0.4 is 0 Å². The molecule has 1 heterocycles. The fraction of sp³-hybridized carbons (Fsp3) is 0.600. The molecule has 0 aliphatic carbocycles. The number of esters is 2. The van der Waals surface area contributed by atoms with E-state index in [0.29, 0.717) is 10.2 Å². The molecule has 23 heavy (non-hydrogen) atoms. The summed E-state index contributed by atoms with van der Waals surface area (Å²) in [5.41, 5.74) is 0.777. The summed E-state index contributed by atoms with van der Waals surface area (Å²) in [5.74, 6) is -0.240. The van der Waals surface area contributed by atoms with Crippen LogP contribution in [0.3, 0.4) is 0 Å². The van der Waals surface area contributed by atoms with Gasteiger partial charge in [0.25, 0.3) is 0 Å². The Kier molecular flexibility index (Phi) is 8.40. The Labute approximate surface area is 145 Å². The van der Waals surface area contributed by atoms with Crippen LogP contribution in [0.2, 0.25) is 0 Å². The number of carbonyl (C=O) groups excluding carboxylic acids is 2.